The Bertz CT molecular complexity index is 486. The van der Waals surface area contributed by atoms with Crippen molar-refractivity contribution >= 4 is 23.3 Å². The molecule has 0 radical (unpaired) electrons. The average molecular weight is 278 g/mol. The number of hydrogen-bond donors (Lipinski definition) is 3. The quantitative estimate of drug-likeness (QED) is 0.668. The van der Waals surface area contributed by atoms with E-state index in [9.17, 15) is 9.59 Å². The van der Waals surface area contributed by atoms with Crippen LogP contribution in [-0.2, 0) is 4.79 Å². The van der Waals surface area contributed by atoms with Crippen LogP contribution in [0.2, 0.25) is 0 Å². The van der Waals surface area contributed by atoms with Gasteiger partial charge in [-0.05, 0) is 31.0 Å². The number of anilines is 2. The highest BCUT2D eigenvalue weighted by atomic mass is 16.4. The van der Waals surface area contributed by atoms with E-state index in [2.05, 4.69) is 12.2 Å². The minimum atomic E-state index is -1.04. The number of carboxylic acids is 1. The first-order valence-corrected chi connectivity index (χ1v) is 6.93. The molecule has 0 aromatic heterocycles. The molecule has 0 saturated carbocycles. The Labute approximate surface area is 119 Å². The lowest BCUT2D eigenvalue weighted by molar-refractivity contribution is -0.120. The van der Waals surface area contributed by atoms with Gasteiger partial charge in [0.25, 0.3) is 0 Å². The molecule has 0 heterocycles. The highest BCUT2D eigenvalue weighted by Gasteiger charge is 2.17. The number of amides is 1. The van der Waals surface area contributed by atoms with Crippen LogP contribution in [-0.4, -0.2) is 17.0 Å². The predicted octanol–water partition coefficient (Wildman–Crippen LogP) is 3.12. The molecule has 1 aromatic rings. The Morgan fingerprint density at radius 1 is 1.35 bits per heavy atom. The highest BCUT2D eigenvalue weighted by molar-refractivity contribution is 5.97. The number of rotatable bonds is 7. The number of carbonyl (C=O) groups is 2. The van der Waals surface area contributed by atoms with Crippen LogP contribution in [0, 0.1) is 5.92 Å². The third-order valence-corrected chi connectivity index (χ3v) is 3.33. The number of carboxylic acid groups (broad SMARTS) is 1. The number of unbranched alkanes of at least 4 members (excludes halogenated alkanes) is 1. The summed E-state index contributed by atoms with van der Waals surface area (Å²) in [6.45, 7) is 4.07. The van der Waals surface area contributed by atoms with Gasteiger partial charge in [0.15, 0.2) is 0 Å². The molecule has 0 saturated heterocycles. The van der Waals surface area contributed by atoms with Crippen molar-refractivity contribution in [3.8, 4) is 0 Å². The molecule has 20 heavy (non-hydrogen) atoms. The maximum Gasteiger partial charge on any atom is 0.335 e. The molecular weight excluding hydrogens is 256 g/mol. The van der Waals surface area contributed by atoms with Crippen LogP contribution in [0.4, 0.5) is 11.4 Å². The van der Waals surface area contributed by atoms with Crippen LogP contribution in [0.15, 0.2) is 18.2 Å². The van der Waals surface area contributed by atoms with Gasteiger partial charge in [-0.1, -0.05) is 26.7 Å². The Morgan fingerprint density at radius 2 is 2.05 bits per heavy atom. The molecule has 0 aliphatic heterocycles. The van der Waals surface area contributed by atoms with Gasteiger partial charge in [0.1, 0.15) is 0 Å². The summed E-state index contributed by atoms with van der Waals surface area (Å²) in [5.74, 6) is -1.13. The lowest BCUT2D eigenvalue weighted by atomic mass is 9.98. The number of hydrogen-bond acceptors (Lipinski definition) is 3. The van der Waals surface area contributed by atoms with E-state index in [0.29, 0.717) is 5.69 Å². The first-order chi connectivity index (χ1) is 9.49. The zero-order chi connectivity index (χ0) is 15.1. The molecule has 110 valence electrons. The summed E-state index contributed by atoms with van der Waals surface area (Å²) in [6, 6.07) is 4.31. The monoisotopic (exact) mass is 278 g/mol. The van der Waals surface area contributed by atoms with Gasteiger partial charge in [-0.15, -0.1) is 0 Å². The van der Waals surface area contributed by atoms with Crippen molar-refractivity contribution in [2.24, 2.45) is 5.92 Å². The average Bonchev–Trinajstić information content (AvgIpc) is 2.41. The second-order valence-corrected chi connectivity index (χ2v) is 4.84. The van der Waals surface area contributed by atoms with Gasteiger partial charge in [0.05, 0.1) is 16.9 Å². The minimum absolute atomic E-state index is 0.0338. The largest absolute Gasteiger partial charge is 0.478 e. The van der Waals surface area contributed by atoms with Crippen molar-refractivity contribution in [3.63, 3.8) is 0 Å². The van der Waals surface area contributed by atoms with Crippen LogP contribution in [0.5, 0.6) is 0 Å². The zero-order valence-corrected chi connectivity index (χ0v) is 12.0. The number of nitrogens with one attached hydrogen (secondary N) is 1. The molecule has 0 spiro atoms. The molecule has 1 aromatic carbocycles. The smallest absolute Gasteiger partial charge is 0.335 e. The molecule has 5 nitrogen and oxygen atoms in total. The Balaban J connectivity index is 2.76. The predicted molar refractivity (Wildman–Crippen MR) is 79.7 cm³/mol. The molecule has 0 aliphatic carbocycles. The molecule has 1 rings (SSSR count). The van der Waals surface area contributed by atoms with Crippen molar-refractivity contribution in [1.29, 1.82) is 0 Å². The third kappa shape index (κ3) is 4.26. The number of nitrogen functional groups attached to an aromatic ring is 1. The Kier molecular flexibility index (Phi) is 6.03. The minimum Gasteiger partial charge on any atom is -0.478 e. The molecule has 4 N–H and O–H groups in total. The van der Waals surface area contributed by atoms with Crippen molar-refractivity contribution in [2.45, 2.75) is 39.5 Å². The zero-order valence-electron chi connectivity index (χ0n) is 12.0. The number of nitrogens with two attached hydrogens (primary N) is 1. The van der Waals surface area contributed by atoms with Gasteiger partial charge in [-0.2, -0.15) is 0 Å². The van der Waals surface area contributed by atoms with E-state index in [0.717, 1.165) is 25.7 Å². The summed E-state index contributed by atoms with van der Waals surface area (Å²) in [5.41, 5.74) is 6.62. The van der Waals surface area contributed by atoms with Crippen LogP contribution >= 0.6 is 0 Å². The third-order valence-electron chi connectivity index (χ3n) is 3.33. The van der Waals surface area contributed by atoms with Crippen LogP contribution in [0.1, 0.15) is 49.9 Å². The maximum absolute atomic E-state index is 12.1. The fraction of sp³-hybridized carbons (Fsp3) is 0.467. The second-order valence-electron chi connectivity index (χ2n) is 4.84. The Hall–Kier alpha value is -2.04. The van der Waals surface area contributed by atoms with Crippen molar-refractivity contribution in [3.05, 3.63) is 23.8 Å². The lowest BCUT2D eigenvalue weighted by Gasteiger charge is -2.15. The molecule has 1 unspecified atom stereocenters. The number of carbonyl (C=O) groups excluding carboxylic acids is 1. The first kappa shape index (κ1) is 16.0. The van der Waals surface area contributed by atoms with Crippen LogP contribution in [0.3, 0.4) is 0 Å². The van der Waals surface area contributed by atoms with Gasteiger partial charge < -0.3 is 16.2 Å². The van der Waals surface area contributed by atoms with E-state index in [1.54, 1.807) is 0 Å². The van der Waals surface area contributed by atoms with Crippen molar-refractivity contribution < 1.29 is 14.7 Å². The fourth-order valence-electron chi connectivity index (χ4n) is 2.02. The van der Waals surface area contributed by atoms with E-state index in [1.807, 2.05) is 6.92 Å². The first-order valence-electron chi connectivity index (χ1n) is 6.93. The molecule has 5 heteroatoms. The summed E-state index contributed by atoms with van der Waals surface area (Å²) in [4.78, 5) is 23.0. The van der Waals surface area contributed by atoms with Gasteiger partial charge in [-0.3, -0.25) is 4.79 Å². The summed E-state index contributed by atoms with van der Waals surface area (Å²) < 4.78 is 0. The molecular formula is C15H22N2O3. The molecule has 1 atom stereocenters. The van der Waals surface area contributed by atoms with Gasteiger partial charge in [0.2, 0.25) is 5.91 Å². The molecule has 0 aliphatic rings. The normalized spacial score (nSPS) is 11.9. The van der Waals surface area contributed by atoms with E-state index in [-0.39, 0.29) is 23.1 Å². The van der Waals surface area contributed by atoms with E-state index < -0.39 is 5.97 Å². The number of benzene rings is 1. The van der Waals surface area contributed by atoms with Gasteiger partial charge in [0, 0.05) is 5.92 Å². The molecule has 0 fully saturated rings. The van der Waals surface area contributed by atoms with Crippen molar-refractivity contribution in [1.82, 2.24) is 0 Å². The van der Waals surface area contributed by atoms with Crippen molar-refractivity contribution in [2.75, 3.05) is 11.1 Å². The highest BCUT2D eigenvalue weighted by Crippen LogP contribution is 2.22. The second kappa shape index (κ2) is 7.53. The Morgan fingerprint density at radius 3 is 2.55 bits per heavy atom. The molecule has 1 amide bonds. The lowest BCUT2D eigenvalue weighted by Crippen LogP contribution is -2.23. The van der Waals surface area contributed by atoms with Crippen LogP contribution in [0.25, 0.3) is 0 Å². The SMILES string of the molecule is CCCCC(CC)C(=O)Nc1ccc(C(=O)O)cc1N. The summed E-state index contributed by atoms with van der Waals surface area (Å²) >= 11 is 0. The van der Waals surface area contributed by atoms with Gasteiger partial charge in [-0.25, -0.2) is 4.79 Å². The van der Waals surface area contributed by atoms with Gasteiger partial charge >= 0.3 is 5.97 Å². The summed E-state index contributed by atoms with van der Waals surface area (Å²) in [6.07, 6.45) is 3.70. The van der Waals surface area contributed by atoms with E-state index in [1.165, 1.54) is 18.2 Å². The topological polar surface area (TPSA) is 92.4 Å². The maximum atomic E-state index is 12.1. The standard InChI is InChI=1S/C15H22N2O3/c1-3-5-6-10(4-2)14(18)17-13-8-7-11(15(19)20)9-12(13)16/h7-10H,3-6,16H2,1-2H3,(H,17,18)(H,19,20). The van der Waals surface area contributed by atoms with Crippen LogP contribution < -0.4 is 11.1 Å². The summed E-state index contributed by atoms with van der Waals surface area (Å²) in [5, 5.41) is 11.6. The summed E-state index contributed by atoms with van der Waals surface area (Å²) in [7, 11) is 0. The van der Waals surface area contributed by atoms with E-state index >= 15 is 0 Å². The molecule has 0 bridgehead atoms. The fourth-order valence-corrected chi connectivity index (χ4v) is 2.02. The number of aromatic carboxylic acids is 1. The van der Waals surface area contributed by atoms with E-state index in [4.69, 9.17) is 10.8 Å².